The second-order valence-electron chi connectivity index (χ2n) is 17.0. The van der Waals surface area contributed by atoms with Crippen LogP contribution in [0.4, 0.5) is 24.7 Å². The number of anilines is 2. The molecule has 0 bridgehead atoms. The molecule has 21 heteroatoms. The normalized spacial score (nSPS) is 16.2. The molecule has 6 amide bonds. The number of amides is 6. The van der Waals surface area contributed by atoms with Gasteiger partial charge in [-0.05, 0) is 111 Å². The molecular formula is C50H48ClF3N8O9. The van der Waals surface area contributed by atoms with Crippen LogP contribution in [0.2, 0.25) is 5.02 Å². The second kappa shape index (κ2) is 22.2. The average Bonchev–Trinajstić information content (AvgIpc) is 3.85. The maximum atomic E-state index is 13.3. The Bertz CT molecular complexity index is 2940. The third-order valence-corrected chi connectivity index (χ3v) is 12.4. The molecule has 8 rings (SSSR count). The van der Waals surface area contributed by atoms with E-state index in [1.54, 1.807) is 41.9 Å². The molecule has 0 aliphatic carbocycles. The number of imidazole rings is 1. The molecule has 1 atom stereocenters. The summed E-state index contributed by atoms with van der Waals surface area (Å²) < 4.78 is 58.6. The minimum absolute atomic E-state index is 0.0130. The lowest BCUT2D eigenvalue weighted by atomic mass is 10.0. The lowest BCUT2D eigenvalue weighted by Gasteiger charge is -2.33. The predicted molar refractivity (Wildman–Crippen MR) is 252 cm³/mol. The molecule has 0 saturated carbocycles. The van der Waals surface area contributed by atoms with Crippen LogP contribution in [0.15, 0.2) is 72.9 Å². The SMILES string of the molecule is Cc1c(C#Cc2cnc3ccc(N4CCC(NC(=O)CCCCOCCOCCOc5ccc6c(c5)C(=O)N(C5CCC(=O)NC5=O)C6=O)CC4)nn23)cccc1C(=O)Nc1cc(Cl)cc(C(F)(F)F)c1. The Morgan fingerprint density at radius 3 is 2.41 bits per heavy atom. The quantitative estimate of drug-likeness (QED) is 0.0548. The topological polar surface area (TPSA) is 203 Å². The van der Waals surface area contributed by atoms with Crippen molar-refractivity contribution in [3.63, 3.8) is 0 Å². The highest BCUT2D eigenvalue weighted by Crippen LogP contribution is 2.34. The van der Waals surface area contributed by atoms with Crippen LogP contribution in [0.5, 0.6) is 5.75 Å². The van der Waals surface area contributed by atoms with Crippen LogP contribution < -0.4 is 25.6 Å². The van der Waals surface area contributed by atoms with E-state index in [4.69, 9.17) is 30.9 Å². The van der Waals surface area contributed by atoms with Crippen LogP contribution in [-0.2, 0) is 30.0 Å². The van der Waals surface area contributed by atoms with Gasteiger partial charge < -0.3 is 29.7 Å². The third-order valence-electron chi connectivity index (χ3n) is 12.1. The highest BCUT2D eigenvalue weighted by molar-refractivity contribution is 6.31. The van der Waals surface area contributed by atoms with Gasteiger partial charge in [-0.3, -0.25) is 39.0 Å². The summed E-state index contributed by atoms with van der Waals surface area (Å²) in [4.78, 5) is 83.1. The minimum atomic E-state index is -4.63. The van der Waals surface area contributed by atoms with Crippen LogP contribution in [0.25, 0.3) is 5.65 Å². The third kappa shape index (κ3) is 12.2. The molecule has 3 aliphatic heterocycles. The van der Waals surface area contributed by atoms with Gasteiger partial charge in [-0.25, -0.2) is 9.50 Å². The number of halogens is 4. The van der Waals surface area contributed by atoms with Crippen molar-refractivity contribution in [3.8, 4) is 17.6 Å². The molecule has 2 aromatic heterocycles. The van der Waals surface area contributed by atoms with E-state index in [0.29, 0.717) is 80.4 Å². The number of nitrogens with zero attached hydrogens (tertiary/aromatic N) is 5. The van der Waals surface area contributed by atoms with E-state index in [9.17, 15) is 41.9 Å². The Balaban J connectivity index is 0.707. The number of aromatic nitrogens is 3. The molecule has 3 N–H and O–H groups in total. The fourth-order valence-electron chi connectivity index (χ4n) is 8.41. The predicted octanol–water partition coefficient (Wildman–Crippen LogP) is 6.13. The maximum absolute atomic E-state index is 13.3. The molecule has 3 aliphatic rings. The number of benzene rings is 3. The molecule has 0 radical (unpaired) electrons. The van der Waals surface area contributed by atoms with Gasteiger partial charge >= 0.3 is 6.18 Å². The summed E-state index contributed by atoms with van der Waals surface area (Å²) in [5, 5.41) is 12.5. The smallest absolute Gasteiger partial charge is 0.416 e. The van der Waals surface area contributed by atoms with Gasteiger partial charge in [0.25, 0.3) is 17.7 Å². The maximum Gasteiger partial charge on any atom is 0.416 e. The average molecular weight is 997 g/mol. The Labute approximate surface area is 410 Å². The number of hydrogen-bond donors (Lipinski definition) is 3. The summed E-state index contributed by atoms with van der Waals surface area (Å²) in [6.07, 6.45) is 0.303. The summed E-state index contributed by atoms with van der Waals surface area (Å²) in [5.74, 6) is 4.34. The van der Waals surface area contributed by atoms with Crippen molar-refractivity contribution in [2.45, 2.75) is 70.1 Å². The molecule has 2 fully saturated rings. The van der Waals surface area contributed by atoms with Crippen molar-refractivity contribution in [2.75, 3.05) is 56.3 Å². The van der Waals surface area contributed by atoms with Gasteiger partial charge in [-0.1, -0.05) is 23.6 Å². The Kier molecular flexibility index (Phi) is 15.6. The fraction of sp³-hybridized carbons (Fsp3) is 0.360. The molecule has 370 valence electrons. The highest BCUT2D eigenvalue weighted by atomic mass is 35.5. The summed E-state index contributed by atoms with van der Waals surface area (Å²) in [5.41, 5.74) is 1.63. The van der Waals surface area contributed by atoms with Gasteiger partial charge in [-0.2, -0.15) is 13.2 Å². The van der Waals surface area contributed by atoms with Crippen molar-refractivity contribution < 1.29 is 56.1 Å². The second-order valence-corrected chi connectivity index (χ2v) is 17.5. The van der Waals surface area contributed by atoms with Crippen LogP contribution in [-0.4, -0.2) is 113 Å². The summed E-state index contributed by atoms with van der Waals surface area (Å²) in [6, 6.07) is 15.0. The molecule has 1 unspecified atom stereocenters. The first kappa shape index (κ1) is 50.1. The van der Waals surface area contributed by atoms with E-state index in [1.807, 2.05) is 12.1 Å². The molecule has 2 saturated heterocycles. The van der Waals surface area contributed by atoms with Gasteiger partial charge in [-0.15, -0.1) is 5.10 Å². The van der Waals surface area contributed by atoms with E-state index < -0.39 is 47.3 Å². The van der Waals surface area contributed by atoms with E-state index in [-0.39, 0.29) is 65.4 Å². The van der Waals surface area contributed by atoms with Gasteiger partial charge in [0.05, 0.1) is 42.7 Å². The number of imide groups is 2. The number of ether oxygens (including phenoxy) is 3. The lowest BCUT2D eigenvalue weighted by molar-refractivity contribution is -0.138. The highest BCUT2D eigenvalue weighted by Gasteiger charge is 2.44. The van der Waals surface area contributed by atoms with Gasteiger partial charge in [0, 0.05) is 60.4 Å². The minimum Gasteiger partial charge on any atom is -0.491 e. The van der Waals surface area contributed by atoms with Crippen molar-refractivity contribution in [1.82, 2.24) is 30.1 Å². The number of rotatable bonds is 17. The van der Waals surface area contributed by atoms with E-state index in [0.717, 1.165) is 35.7 Å². The molecule has 17 nitrogen and oxygen atoms in total. The van der Waals surface area contributed by atoms with Crippen LogP contribution in [0.1, 0.15) is 98.4 Å². The van der Waals surface area contributed by atoms with E-state index in [2.05, 4.69) is 37.7 Å². The van der Waals surface area contributed by atoms with Crippen LogP contribution in [0, 0.1) is 18.8 Å². The number of hydrogen-bond acceptors (Lipinski definition) is 12. The van der Waals surface area contributed by atoms with E-state index in [1.165, 1.54) is 18.2 Å². The summed E-state index contributed by atoms with van der Waals surface area (Å²) in [6.45, 7) is 4.65. The lowest BCUT2D eigenvalue weighted by Crippen LogP contribution is -2.54. The number of fused-ring (bicyclic) bond motifs is 2. The zero-order chi connectivity index (χ0) is 50.2. The number of unbranched alkanes of at least 4 members (excludes halogenated alkanes) is 1. The molecule has 5 aromatic rings. The molecule has 5 heterocycles. The Morgan fingerprint density at radius 2 is 1.63 bits per heavy atom. The number of carbonyl (C=O) groups excluding carboxylic acids is 6. The molecular weight excluding hydrogens is 949 g/mol. The van der Waals surface area contributed by atoms with Gasteiger partial charge in [0.15, 0.2) is 5.65 Å². The van der Waals surface area contributed by atoms with Crippen LogP contribution >= 0.6 is 11.6 Å². The summed E-state index contributed by atoms with van der Waals surface area (Å²) in [7, 11) is 0. The monoisotopic (exact) mass is 996 g/mol. The first-order valence-electron chi connectivity index (χ1n) is 23.0. The van der Waals surface area contributed by atoms with Crippen LogP contribution in [0.3, 0.4) is 0 Å². The van der Waals surface area contributed by atoms with Crippen molar-refractivity contribution in [3.05, 3.63) is 117 Å². The molecule has 3 aromatic carbocycles. The van der Waals surface area contributed by atoms with E-state index >= 15 is 0 Å². The zero-order valence-electron chi connectivity index (χ0n) is 38.4. The van der Waals surface area contributed by atoms with Gasteiger partial charge in [0.2, 0.25) is 17.7 Å². The number of piperidine rings is 2. The number of carbonyl (C=O) groups is 6. The van der Waals surface area contributed by atoms with Crippen molar-refractivity contribution in [1.29, 1.82) is 0 Å². The first-order valence-corrected chi connectivity index (χ1v) is 23.3. The number of nitrogens with one attached hydrogen (secondary N) is 3. The molecule has 71 heavy (non-hydrogen) atoms. The zero-order valence-corrected chi connectivity index (χ0v) is 39.2. The fourth-order valence-corrected chi connectivity index (χ4v) is 8.65. The Hall–Kier alpha value is -7.34. The van der Waals surface area contributed by atoms with Crippen molar-refractivity contribution >= 4 is 64.2 Å². The number of alkyl halides is 3. The Morgan fingerprint density at radius 1 is 0.873 bits per heavy atom. The first-order chi connectivity index (χ1) is 34.1. The molecule has 0 spiro atoms. The van der Waals surface area contributed by atoms with Gasteiger partial charge in [0.1, 0.15) is 29.9 Å². The summed E-state index contributed by atoms with van der Waals surface area (Å²) >= 11 is 5.90. The van der Waals surface area contributed by atoms with Crippen molar-refractivity contribution in [2.24, 2.45) is 0 Å². The largest absolute Gasteiger partial charge is 0.491 e. The standard InChI is InChI=1S/C50H48ClF3N8O9/c1-30-31(5-4-6-38(30)46(65)57-35-26-32(50(52,53)54)25-33(51)27-35)8-9-36-29-55-42-13-14-43(59-62(36)42)60-18-16-34(17-19-60)56-44(63)7-2-3-20-69-21-22-70-23-24-71-37-10-11-39-40(28-37)49(68)61(48(39)67)41-12-15-45(64)58-47(41)66/h4-6,10-11,13-14,25-29,34,41H,2-3,7,12,15-24H2,1H3,(H,56,63)(H,57,65)(H,58,64,66).